The van der Waals surface area contributed by atoms with E-state index in [0.29, 0.717) is 18.8 Å². The zero-order valence-corrected chi connectivity index (χ0v) is 11.1. The Labute approximate surface area is 108 Å². The number of rotatable bonds is 6. The number of methoxy groups -OCH3 is 1. The predicted octanol–water partition coefficient (Wildman–Crippen LogP) is 2.47. The zero-order valence-electron chi connectivity index (χ0n) is 11.1. The first-order valence-electron chi connectivity index (χ1n) is 6.50. The Morgan fingerprint density at radius 3 is 2.78 bits per heavy atom. The van der Waals surface area contributed by atoms with E-state index in [-0.39, 0.29) is 5.60 Å². The molecule has 0 radical (unpaired) electrons. The molecule has 1 aromatic rings. The number of nitrogens with zero attached hydrogens (tertiary/aromatic N) is 1. The Bertz CT molecular complexity index is 385. The molecular formula is C14H21NO3. The highest BCUT2D eigenvalue weighted by Crippen LogP contribution is 2.41. The number of aliphatic hydroxyl groups is 1. The van der Waals surface area contributed by atoms with Gasteiger partial charge in [0, 0.05) is 25.3 Å². The second kappa shape index (κ2) is 5.67. The van der Waals surface area contributed by atoms with Crippen LogP contribution in [0, 0.1) is 0 Å². The van der Waals surface area contributed by atoms with Crippen LogP contribution in [-0.2, 0) is 4.74 Å². The fraction of sp³-hybridized carbons (Fsp3) is 0.643. The minimum atomic E-state index is -0.543. The normalized spacial score (nSPS) is 19.1. The molecule has 1 aliphatic rings. The van der Waals surface area contributed by atoms with E-state index in [1.807, 2.05) is 13.0 Å². The van der Waals surface area contributed by atoms with Gasteiger partial charge in [0.05, 0.1) is 24.5 Å². The van der Waals surface area contributed by atoms with Crippen LogP contribution in [0.2, 0.25) is 0 Å². The average molecular weight is 251 g/mol. The van der Waals surface area contributed by atoms with Crippen molar-refractivity contribution in [3.05, 3.63) is 24.0 Å². The summed E-state index contributed by atoms with van der Waals surface area (Å²) >= 11 is 0. The fourth-order valence-corrected chi connectivity index (χ4v) is 2.40. The van der Waals surface area contributed by atoms with Gasteiger partial charge in [-0.2, -0.15) is 0 Å². The van der Waals surface area contributed by atoms with Gasteiger partial charge in [0.25, 0.3) is 0 Å². The van der Waals surface area contributed by atoms with E-state index in [2.05, 4.69) is 4.98 Å². The summed E-state index contributed by atoms with van der Waals surface area (Å²) in [5.74, 6) is 0.703. The molecule has 1 fully saturated rings. The van der Waals surface area contributed by atoms with Crippen LogP contribution >= 0.6 is 0 Å². The summed E-state index contributed by atoms with van der Waals surface area (Å²) in [5, 5.41) is 10.3. The number of ether oxygens (including phenoxy) is 2. The third-order valence-electron chi connectivity index (χ3n) is 3.69. The molecule has 18 heavy (non-hydrogen) atoms. The number of aromatic nitrogens is 1. The maximum Gasteiger partial charge on any atom is 0.137 e. The van der Waals surface area contributed by atoms with Crippen molar-refractivity contribution in [2.45, 2.75) is 44.3 Å². The van der Waals surface area contributed by atoms with Gasteiger partial charge in [-0.25, -0.2) is 0 Å². The van der Waals surface area contributed by atoms with Gasteiger partial charge < -0.3 is 14.6 Å². The molecule has 1 heterocycles. The van der Waals surface area contributed by atoms with Crippen LogP contribution < -0.4 is 4.74 Å². The van der Waals surface area contributed by atoms with Gasteiger partial charge >= 0.3 is 0 Å². The van der Waals surface area contributed by atoms with Gasteiger partial charge in [0.1, 0.15) is 5.75 Å². The third-order valence-corrected chi connectivity index (χ3v) is 3.69. The van der Waals surface area contributed by atoms with Gasteiger partial charge in [-0.05, 0) is 32.3 Å². The lowest BCUT2D eigenvalue weighted by molar-refractivity contribution is -0.0999. The summed E-state index contributed by atoms with van der Waals surface area (Å²) < 4.78 is 10.9. The highest BCUT2D eigenvalue weighted by Gasteiger charge is 2.39. The molecule has 1 atom stereocenters. The Morgan fingerprint density at radius 2 is 2.22 bits per heavy atom. The summed E-state index contributed by atoms with van der Waals surface area (Å²) in [7, 11) is 1.72. The molecule has 0 aromatic carbocycles. The first-order chi connectivity index (χ1) is 8.69. The summed E-state index contributed by atoms with van der Waals surface area (Å²) in [5.41, 5.74) is 0.658. The topological polar surface area (TPSA) is 51.6 Å². The van der Waals surface area contributed by atoms with E-state index in [0.717, 1.165) is 18.4 Å². The Balaban J connectivity index is 2.03. The Hall–Kier alpha value is -1.13. The van der Waals surface area contributed by atoms with E-state index in [1.165, 1.54) is 6.42 Å². The molecule has 4 nitrogen and oxygen atoms in total. The molecule has 0 amide bonds. The van der Waals surface area contributed by atoms with Crippen LogP contribution in [0.1, 0.15) is 44.3 Å². The van der Waals surface area contributed by atoms with Gasteiger partial charge in [-0.3, -0.25) is 4.98 Å². The van der Waals surface area contributed by atoms with Crippen LogP contribution in [-0.4, -0.2) is 29.4 Å². The highest BCUT2D eigenvalue weighted by molar-refractivity contribution is 5.25. The molecule has 0 aliphatic heterocycles. The maximum absolute atomic E-state index is 10.3. The first-order valence-corrected chi connectivity index (χ1v) is 6.50. The zero-order chi connectivity index (χ0) is 13.0. The molecule has 0 bridgehead atoms. The second-order valence-electron chi connectivity index (χ2n) is 4.85. The molecule has 0 saturated heterocycles. The molecule has 1 N–H and O–H groups in total. The number of pyridine rings is 1. The summed E-state index contributed by atoms with van der Waals surface area (Å²) in [4.78, 5) is 4.10. The first kappa shape index (κ1) is 13.3. The van der Waals surface area contributed by atoms with Crippen LogP contribution in [0.15, 0.2) is 18.5 Å². The van der Waals surface area contributed by atoms with Crippen molar-refractivity contribution in [2.24, 2.45) is 0 Å². The van der Waals surface area contributed by atoms with Crippen molar-refractivity contribution in [1.29, 1.82) is 0 Å². The van der Waals surface area contributed by atoms with Crippen LogP contribution in [0.25, 0.3) is 0 Å². The van der Waals surface area contributed by atoms with Crippen molar-refractivity contribution in [3.63, 3.8) is 0 Å². The number of hydrogen-bond acceptors (Lipinski definition) is 4. The molecule has 100 valence electrons. The predicted molar refractivity (Wildman–Crippen MR) is 68.6 cm³/mol. The molecule has 2 rings (SSSR count). The molecule has 1 saturated carbocycles. The third kappa shape index (κ3) is 2.82. The lowest BCUT2D eigenvalue weighted by Gasteiger charge is -2.41. The van der Waals surface area contributed by atoms with E-state index >= 15 is 0 Å². The lowest BCUT2D eigenvalue weighted by atomic mass is 9.75. The largest absolute Gasteiger partial charge is 0.492 e. The lowest BCUT2D eigenvalue weighted by Crippen LogP contribution is -2.40. The molecular weight excluding hydrogens is 230 g/mol. The molecule has 1 unspecified atom stereocenters. The maximum atomic E-state index is 10.3. The SMILES string of the molecule is CCOc1cncc(C(O)CC2(OC)CCC2)c1. The minimum Gasteiger partial charge on any atom is -0.492 e. The molecule has 1 aromatic heterocycles. The van der Waals surface area contributed by atoms with Crippen LogP contribution in [0.5, 0.6) is 5.75 Å². The Morgan fingerprint density at radius 1 is 1.44 bits per heavy atom. The van der Waals surface area contributed by atoms with Gasteiger partial charge in [0.15, 0.2) is 0 Å². The van der Waals surface area contributed by atoms with Crippen molar-refractivity contribution < 1.29 is 14.6 Å². The van der Waals surface area contributed by atoms with Crippen molar-refractivity contribution >= 4 is 0 Å². The average Bonchev–Trinajstić information content (AvgIpc) is 2.34. The summed E-state index contributed by atoms with van der Waals surface area (Å²) in [6.07, 6.45) is 6.67. The smallest absolute Gasteiger partial charge is 0.137 e. The fourth-order valence-electron chi connectivity index (χ4n) is 2.40. The van der Waals surface area contributed by atoms with Crippen molar-refractivity contribution in [3.8, 4) is 5.75 Å². The van der Waals surface area contributed by atoms with Crippen molar-refractivity contribution in [2.75, 3.05) is 13.7 Å². The minimum absolute atomic E-state index is 0.138. The summed E-state index contributed by atoms with van der Waals surface area (Å²) in [6.45, 7) is 2.53. The number of hydrogen-bond donors (Lipinski definition) is 1. The van der Waals surface area contributed by atoms with Crippen LogP contribution in [0.4, 0.5) is 0 Å². The second-order valence-corrected chi connectivity index (χ2v) is 4.85. The molecule has 4 heteroatoms. The van der Waals surface area contributed by atoms with E-state index in [4.69, 9.17) is 9.47 Å². The van der Waals surface area contributed by atoms with Crippen LogP contribution in [0.3, 0.4) is 0 Å². The monoisotopic (exact) mass is 251 g/mol. The molecule has 1 aliphatic carbocycles. The highest BCUT2D eigenvalue weighted by atomic mass is 16.5. The quantitative estimate of drug-likeness (QED) is 0.844. The van der Waals surface area contributed by atoms with E-state index in [9.17, 15) is 5.11 Å². The van der Waals surface area contributed by atoms with Gasteiger partial charge in [0.2, 0.25) is 0 Å². The Kier molecular flexibility index (Phi) is 4.19. The molecule has 0 spiro atoms. The van der Waals surface area contributed by atoms with Gasteiger partial charge in [-0.15, -0.1) is 0 Å². The summed E-state index contributed by atoms with van der Waals surface area (Å²) in [6, 6.07) is 1.85. The van der Waals surface area contributed by atoms with E-state index < -0.39 is 6.10 Å². The van der Waals surface area contributed by atoms with Crippen molar-refractivity contribution in [1.82, 2.24) is 4.98 Å². The number of aliphatic hydroxyl groups excluding tert-OH is 1. The van der Waals surface area contributed by atoms with Gasteiger partial charge in [-0.1, -0.05) is 0 Å². The standard InChI is InChI=1S/C14H21NO3/c1-3-18-12-7-11(9-15-10-12)13(16)8-14(17-2)5-4-6-14/h7,9-10,13,16H,3-6,8H2,1-2H3. The van der Waals surface area contributed by atoms with E-state index in [1.54, 1.807) is 19.5 Å².